The first-order chi connectivity index (χ1) is 8.35. The van der Waals surface area contributed by atoms with Crippen LogP contribution in [0.4, 0.5) is 5.82 Å². The van der Waals surface area contributed by atoms with Gasteiger partial charge in [0, 0.05) is 25.0 Å². The van der Waals surface area contributed by atoms with Crippen molar-refractivity contribution in [3.05, 3.63) is 36.4 Å². The van der Waals surface area contributed by atoms with E-state index in [2.05, 4.69) is 35.0 Å². The Labute approximate surface area is 102 Å². The number of hydrogen-bond acceptors (Lipinski definition) is 3. The zero-order valence-electron chi connectivity index (χ0n) is 10.3. The third kappa shape index (κ3) is 2.74. The fourth-order valence-electron chi connectivity index (χ4n) is 2.00. The summed E-state index contributed by atoms with van der Waals surface area (Å²) in [6.45, 7) is 4.70. The van der Waals surface area contributed by atoms with Crippen LogP contribution in [0.5, 0.6) is 0 Å². The minimum atomic E-state index is 0.661. The number of fused-ring (bicyclic) bond motifs is 1. The highest BCUT2D eigenvalue weighted by atomic mass is 15.2. The van der Waals surface area contributed by atoms with Crippen molar-refractivity contribution in [2.75, 3.05) is 24.5 Å². The topological polar surface area (TPSA) is 42.1 Å². The largest absolute Gasteiger partial charge is 0.355 e. The number of nitrogens with two attached hydrogens (primary N) is 1. The summed E-state index contributed by atoms with van der Waals surface area (Å²) in [5.74, 6) is 1.02. The van der Waals surface area contributed by atoms with Crippen LogP contribution >= 0.6 is 0 Å². The van der Waals surface area contributed by atoms with Crippen molar-refractivity contribution in [3.8, 4) is 0 Å². The summed E-state index contributed by atoms with van der Waals surface area (Å²) in [7, 11) is 0. The zero-order chi connectivity index (χ0) is 12.1. The zero-order valence-corrected chi connectivity index (χ0v) is 10.3. The molecule has 2 aromatic rings. The van der Waals surface area contributed by atoms with Gasteiger partial charge in [-0.05, 0) is 24.6 Å². The van der Waals surface area contributed by atoms with Crippen molar-refractivity contribution < 1.29 is 0 Å². The highest BCUT2D eigenvalue weighted by molar-refractivity contribution is 5.80. The first-order valence-corrected chi connectivity index (χ1v) is 6.16. The molecule has 17 heavy (non-hydrogen) atoms. The van der Waals surface area contributed by atoms with Crippen molar-refractivity contribution in [2.24, 2.45) is 5.73 Å². The number of hydrogen-bond donors (Lipinski definition) is 1. The number of anilines is 1. The van der Waals surface area contributed by atoms with Crippen LogP contribution in [-0.4, -0.2) is 24.6 Å². The Kier molecular flexibility index (Phi) is 3.94. The SMILES string of the molecule is CCCN(CCN)c1ccc2ccccc2n1. The Morgan fingerprint density at radius 2 is 1.94 bits per heavy atom. The second-order valence-electron chi connectivity index (χ2n) is 4.14. The van der Waals surface area contributed by atoms with E-state index >= 15 is 0 Å². The second-order valence-corrected chi connectivity index (χ2v) is 4.14. The first kappa shape index (κ1) is 11.9. The number of nitrogens with zero attached hydrogens (tertiary/aromatic N) is 2. The number of rotatable bonds is 5. The molecule has 0 fully saturated rings. The van der Waals surface area contributed by atoms with Crippen LogP contribution in [0, 0.1) is 0 Å². The molecule has 0 radical (unpaired) electrons. The molecule has 2 N–H and O–H groups in total. The molecule has 0 aliphatic heterocycles. The van der Waals surface area contributed by atoms with Crippen LogP contribution in [0.3, 0.4) is 0 Å². The van der Waals surface area contributed by atoms with E-state index in [0.717, 1.165) is 30.8 Å². The summed E-state index contributed by atoms with van der Waals surface area (Å²) in [5.41, 5.74) is 6.68. The molecule has 0 saturated carbocycles. The van der Waals surface area contributed by atoms with E-state index < -0.39 is 0 Å². The lowest BCUT2D eigenvalue weighted by atomic mass is 10.2. The van der Waals surface area contributed by atoms with Crippen LogP contribution in [0.1, 0.15) is 13.3 Å². The van der Waals surface area contributed by atoms with Gasteiger partial charge in [0.15, 0.2) is 0 Å². The van der Waals surface area contributed by atoms with E-state index in [1.807, 2.05) is 18.2 Å². The molecule has 3 heteroatoms. The minimum Gasteiger partial charge on any atom is -0.355 e. The smallest absolute Gasteiger partial charge is 0.129 e. The fraction of sp³-hybridized carbons (Fsp3) is 0.357. The first-order valence-electron chi connectivity index (χ1n) is 6.16. The molecule has 0 aliphatic rings. The highest BCUT2D eigenvalue weighted by Crippen LogP contribution is 2.17. The number of aromatic nitrogens is 1. The lowest BCUT2D eigenvalue weighted by molar-refractivity contribution is 0.753. The molecule has 3 nitrogen and oxygen atoms in total. The Morgan fingerprint density at radius 3 is 2.71 bits per heavy atom. The Bertz CT molecular complexity index is 476. The van der Waals surface area contributed by atoms with Gasteiger partial charge in [-0.3, -0.25) is 0 Å². The Hall–Kier alpha value is -1.61. The molecule has 1 aromatic carbocycles. The molecular formula is C14H19N3. The van der Waals surface area contributed by atoms with Crippen LogP contribution in [0.25, 0.3) is 10.9 Å². The number of para-hydroxylation sites is 1. The number of benzene rings is 1. The molecule has 0 unspecified atom stereocenters. The van der Waals surface area contributed by atoms with E-state index in [4.69, 9.17) is 5.73 Å². The Balaban J connectivity index is 2.32. The maximum Gasteiger partial charge on any atom is 0.129 e. The molecule has 0 saturated heterocycles. The van der Waals surface area contributed by atoms with Crippen molar-refractivity contribution >= 4 is 16.7 Å². The number of pyridine rings is 1. The van der Waals surface area contributed by atoms with Gasteiger partial charge in [0.05, 0.1) is 5.52 Å². The van der Waals surface area contributed by atoms with Gasteiger partial charge in [-0.1, -0.05) is 25.1 Å². The highest BCUT2D eigenvalue weighted by Gasteiger charge is 2.06. The summed E-state index contributed by atoms with van der Waals surface area (Å²) in [6.07, 6.45) is 1.11. The monoisotopic (exact) mass is 229 g/mol. The quantitative estimate of drug-likeness (QED) is 0.856. The maximum atomic E-state index is 5.64. The average molecular weight is 229 g/mol. The molecule has 0 aliphatic carbocycles. The van der Waals surface area contributed by atoms with Crippen molar-refractivity contribution in [3.63, 3.8) is 0 Å². The van der Waals surface area contributed by atoms with Gasteiger partial charge < -0.3 is 10.6 Å². The van der Waals surface area contributed by atoms with Crippen molar-refractivity contribution in [1.82, 2.24) is 4.98 Å². The normalized spacial score (nSPS) is 10.7. The van der Waals surface area contributed by atoms with Crippen LogP contribution in [0.2, 0.25) is 0 Å². The summed E-state index contributed by atoms with van der Waals surface area (Å²) < 4.78 is 0. The molecule has 1 heterocycles. The van der Waals surface area contributed by atoms with Gasteiger partial charge in [-0.2, -0.15) is 0 Å². The summed E-state index contributed by atoms with van der Waals surface area (Å²) in [6, 6.07) is 12.4. The maximum absolute atomic E-state index is 5.64. The van der Waals surface area contributed by atoms with Crippen molar-refractivity contribution in [1.29, 1.82) is 0 Å². The van der Waals surface area contributed by atoms with Crippen LogP contribution in [-0.2, 0) is 0 Å². The third-order valence-electron chi connectivity index (χ3n) is 2.80. The standard InChI is InChI=1S/C14H19N3/c1-2-10-17(11-9-15)14-8-7-12-5-3-4-6-13(12)16-14/h3-8H,2,9-11,15H2,1H3. The minimum absolute atomic E-state index is 0.661. The Morgan fingerprint density at radius 1 is 1.12 bits per heavy atom. The van der Waals surface area contributed by atoms with E-state index in [0.29, 0.717) is 6.54 Å². The molecule has 0 atom stereocenters. The van der Waals surface area contributed by atoms with Crippen LogP contribution < -0.4 is 10.6 Å². The summed E-state index contributed by atoms with van der Waals surface area (Å²) in [4.78, 5) is 6.93. The lowest BCUT2D eigenvalue weighted by Gasteiger charge is -2.22. The van der Waals surface area contributed by atoms with Gasteiger partial charge in [0.2, 0.25) is 0 Å². The van der Waals surface area contributed by atoms with E-state index in [1.54, 1.807) is 0 Å². The molecule has 0 spiro atoms. The van der Waals surface area contributed by atoms with Crippen molar-refractivity contribution in [2.45, 2.75) is 13.3 Å². The lowest BCUT2D eigenvalue weighted by Crippen LogP contribution is -2.30. The molecular weight excluding hydrogens is 210 g/mol. The molecule has 1 aromatic heterocycles. The van der Waals surface area contributed by atoms with Gasteiger partial charge in [-0.15, -0.1) is 0 Å². The van der Waals surface area contributed by atoms with Gasteiger partial charge in [0.1, 0.15) is 5.82 Å². The molecule has 90 valence electrons. The average Bonchev–Trinajstić information content (AvgIpc) is 2.38. The summed E-state index contributed by atoms with van der Waals surface area (Å²) >= 11 is 0. The molecule has 0 bridgehead atoms. The predicted octanol–water partition coefficient (Wildman–Crippen LogP) is 2.41. The van der Waals surface area contributed by atoms with E-state index in [1.165, 1.54) is 5.39 Å². The van der Waals surface area contributed by atoms with Gasteiger partial charge in [-0.25, -0.2) is 4.98 Å². The third-order valence-corrected chi connectivity index (χ3v) is 2.80. The van der Waals surface area contributed by atoms with Gasteiger partial charge >= 0.3 is 0 Å². The predicted molar refractivity (Wildman–Crippen MR) is 73.3 cm³/mol. The van der Waals surface area contributed by atoms with Crippen LogP contribution in [0.15, 0.2) is 36.4 Å². The fourth-order valence-corrected chi connectivity index (χ4v) is 2.00. The second kappa shape index (κ2) is 5.64. The molecule has 2 rings (SSSR count). The summed E-state index contributed by atoms with van der Waals surface area (Å²) in [5, 5.41) is 1.18. The van der Waals surface area contributed by atoms with Gasteiger partial charge in [0.25, 0.3) is 0 Å². The molecule has 0 amide bonds. The van der Waals surface area contributed by atoms with E-state index in [9.17, 15) is 0 Å². The van der Waals surface area contributed by atoms with E-state index in [-0.39, 0.29) is 0 Å².